The quantitative estimate of drug-likeness (QED) is 0.383. The molecule has 1 amide bonds. The van der Waals surface area contributed by atoms with E-state index < -0.39 is 17.7 Å². The van der Waals surface area contributed by atoms with Gasteiger partial charge in [0.05, 0.1) is 11.6 Å². The Labute approximate surface area is 169 Å². The molecule has 1 unspecified atom stereocenters. The SMILES string of the molecule is O=C1C(=O)N(c2ccccn2)C(c2cccnc2)/C1=C(/O)c1ccc(Br)cc1. The Kier molecular flexibility index (Phi) is 4.75. The Morgan fingerprint density at radius 1 is 1.00 bits per heavy atom. The van der Waals surface area contributed by atoms with Gasteiger partial charge in [0.2, 0.25) is 0 Å². The number of aliphatic hydroxyl groups is 1. The van der Waals surface area contributed by atoms with Crippen LogP contribution in [-0.2, 0) is 9.59 Å². The Morgan fingerprint density at radius 2 is 1.79 bits per heavy atom. The average molecular weight is 436 g/mol. The molecular formula is C21H14BrN3O3. The number of amides is 1. The minimum atomic E-state index is -0.827. The normalized spacial score (nSPS) is 18.5. The predicted molar refractivity (Wildman–Crippen MR) is 107 cm³/mol. The van der Waals surface area contributed by atoms with Gasteiger partial charge in [-0.3, -0.25) is 19.5 Å². The van der Waals surface area contributed by atoms with Crippen molar-refractivity contribution < 1.29 is 14.7 Å². The highest BCUT2D eigenvalue weighted by Gasteiger charge is 2.47. The molecule has 1 N–H and O–H groups in total. The molecule has 138 valence electrons. The van der Waals surface area contributed by atoms with Crippen molar-refractivity contribution in [2.75, 3.05) is 4.90 Å². The summed E-state index contributed by atoms with van der Waals surface area (Å²) in [6, 6.07) is 14.6. The summed E-state index contributed by atoms with van der Waals surface area (Å²) in [5.41, 5.74) is 1.05. The minimum Gasteiger partial charge on any atom is -0.507 e. The number of rotatable bonds is 3. The topological polar surface area (TPSA) is 83.4 Å². The van der Waals surface area contributed by atoms with Gasteiger partial charge < -0.3 is 5.11 Å². The summed E-state index contributed by atoms with van der Waals surface area (Å²) in [6.45, 7) is 0. The predicted octanol–water partition coefficient (Wildman–Crippen LogP) is 3.87. The van der Waals surface area contributed by atoms with Crippen molar-refractivity contribution in [3.63, 3.8) is 0 Å². The van der Waals surface area contributed by atoms with Crippen LogP contribution in [0.25, 0.3) is 5.76 Å². The molecule has 6 nitrogen and oxygen atoms in total. The number of pyridine rings is 2. The Hall–Kier alpha value is -3.32. The number of benzene rings is 1. The number of ketones is 1. The fourth-order valence-electron chi connectivity index (χ4n) is 3.18. The third-order valence-electron chi connectivity index (χ3n) is 4.46. The number of aromatic nitrogens is 2. The monoisotopic (exact) mass is 435 g/mol. The molecule has 1 aromatic carbocycles. The molecule has 7 heteroatoms. The van der Waals surface area contributed by atoms with Gasteiger partial charge in [-0.05, 0) is 35.9 Å². The van der Waals surface area contributed by atoms with Crippen LogP contribution in [0.4, 0.5) is 5.82 Å². The van der Waals surface area contributed by atoms with Gasteiger partial charge in [0.15, 0.2) is 0 Å². The van der Waals surface area contributed by atoms with Crippen LogP contribution in [0.3, 0.4) is 0 Å². The molecule has 0 aliphatic carbocycles. The number of Topliss-reactive ketones (excluding diaryl/α,β-unsaturated/α-hetero) is 1. The maximum absolute atomic E-state index is 12.9. The molecule has 1 aliphatic heterocycles. The van der Waals surface area contributed by atoms with Gasteiger partial charge in [0, 0.05) is 28.6 Å². The van der Waals surface area contributed by atoms with E-state index in [0.29, 0.717) is 16.9 Å². The molecular weight excluding hydrogens is 422 g/mol. The Bertz CT molecular complexity index is 1070. The molecule has 1 saturated heterocycles. The van der Waals surface area contributed by atoms with Crippen molar-refractivity contribution in [2.45, 2.75) is 6.04 Å². The first-order valence-corrected chi connectivity index (χ1v) is 9.25. The molecule has 0 bridgehead atoms. The second-order valence-electron chi connectivity index (χ2n) is 6.15. The van der Waals surface area contributed by atoms with Crippen LogP contribution in [0, 0.1) is 0 Å². The summed E-state index contributed by atoms with van der Waals surface area (Å²) >= 11 is 3.34. The lowest BCUT2D eigenvalue weighted by molar-refractivity contribution is -0.132. The summed E-state index contributed by atoms with van der Waals surface area (Å²) in [4.78, 5) is 35.4. The van der Waals surface area contributed by atoms with E-state index in [1.807, 2.05) is 0 Å². The summed E-state index contributed by atoms with van der Waals surface area (Å²) < 4.78 is 0.835. The van der Waals surface area contributed by atoms with E-state index in [4.69, 9.17) is 0 Å². The number of hydrogen-bond acceptors (Lipinski definition) is 5. The lowest BCUT2D eigenvalue weighted by Gasteiger charge is -2.24. The van der Waals surface area contributed by atoms with Gasteiger partial charge in [0.25, 0.3) is 5.78 Å². The van der Waals surface area contributed by atoms with Gasteiger partial charge >= 0.3 is 5.91 Å². The second-order valence-corrected chi connectivity index (χ2v) is 7.07. The first-order valence-electron chi connectivity index (χ1n) is 8.46. The van der Waals surface area contributed by atoms with Crippen LogP contribution in [0.1, 0.15) is 17.2 Å². The lowest BCUT2D eigenvalue weighted by atomic mass is 9.96. The number of carbonyl (C=O) groups is 2. The summed E-state index contributed by atoms with van der Waals surface area (Å²) in [5.74, 6) is -1.42. The number of carbonyl (C=O) groups excluding carboxylic acids is 2. The molecule has 0 radical (unpaired) electrons. The van der Waals surface area contributed by atoms with Crippen molar-refractivity contribution in [3.05, 3.63) is 94.4 Å². The number of anilines is 1. The number of nitrogens with zero attached hydrogens (tertiary/aromatic N) is 3. The maximum Gasteiger partial charge on any atom is 0.301 e. The first-order chi connectivity index (χ1) is 13.6. The van der Waals surface area contributed by atoms with E-state index >= 15 is 0 Å². The zero-order valence-electron chi connectivity index (χ0n) is 14.5. The van der Waals surface area contributed by atoms with Crippen molar-refractivity contribution in [2.24, 2.45) is 0 Å². The van der Waals surface area contributed by atoms with Gasteiger partial charge in [-0.1, -0.05) is 40.2 Å². The van der Waals surface area contributed by atoms with Gasteiger partial charge in [0.1, 0.15) is 11.6 Å². The highest BCUT2D eigenvalue weighted by molar-refractivity contribution is 9.10. The van der Waals surface area contributed by atoms with Crippen LogP contribution in [-0.4, -0.2) is 26.8 Å². The molecule has 1 atom stereocenters. The summed E-state index contributed by atoms with van der Waals surface area (Å²) in [5, 5.41) is 10.9. The molecule has 4 rings (SSSR count). The van der Waals surface area contributed by atoms with Crippen molar-refractivity contribution in [1.29, 1.82) is 0 Å². The molecule has 3 aromatic rings. The third-order valence-corrected chi connectivity index (χ3v) is 4.99. The highest BCUT2D eigenvalue weighted by Crippen LogP contribution is 2.41. The fourth-order valence-corrected chi connectivity index (χ4v) is 3.45. The van der Waals surface area contributed by atoms with Gasteiger partial charge in [-0.2, -0.15) is 0 Å². The molecule has 0 spiro atoms. The van der Waals surface area contributed by atoms with Crippen molar-refractivity contribution in [3.8, 4) is 0 Å². The summed E-state index contributed by atoms with van der Waals surface area (Å²) in [6.07, 6.45) is 4.72. The number of hydrogen-bond donors (Lipinski definition) is 1. The zero-order valence-corrected chi connectivity index (χ0v) is 16.1. The smallest absolute Gasteiger partial charge is 0.301 e. The van der Waals surface area contributed by atoms with E-state index in [1.54, 1.807) is 73.2 Å². The molecule has 3 heterocycles. The largest absolute Gasteiger partial charge is 0.507 e. The molecule has 1 fully saturated rings. The van der Waals surface area contributed by atoms with E-state index in [0.717, 1.165) is 4.47 Å². The first kappa shape index (κ1) is 18.1. The number of halogens is 1. The fraction of sp³-hybridized carbons (Fsp3) is 0.0476. The second kappa shape index (κ2) is 7.36. The van der Waals surface area contributed by atoms with E-state index in [-0.39, 0.29) is 11.3 Å². The Morgan fingerprint density at radius 3 is 2.43 bits per heavy atom. The summed E-state index contributed by atoms with van der Waals surface area (Å²) in [7, 11) is 0. The maximum atomic E-state index is 12.9. The van der Waals surface area contributed by atoms with Gasteiger partial charge in [-0.25, -0.2) is 4.98 Å². The van der Waals surface area contributed by atoms with Crippen LogP contribution in [0.2, 0.25) is 0 Å². The number of aliphatic hydroxyl groups excluding tert-OH is 1. The van der Waals surface area contributed by atoms with Crippen molar-refractivity contribution in [1.82, 2.24) is 9.97 Å². The molecule has 28 heavy (non-hydrogen) atoms. The highest BCUT2D eigenvalue weighted by atomic mass is 79.9. The van der Waals surface area contributed by atoms with Crippen LogP contribution in [0.5, 0.6) is 0 Å². The van der Waals surface area contributed by atoms with Crippen LogP contribution in [0.15, 0.2) is 83.2 Å². The standard InChI is InChI=1S/C21H14BrN3O3/c22-15-8-6-13(7-9-15)19(26)17-18(14-4-3-10-23-12-14)25(21(28)20(17)27)16-5-1-2-11-24-16/h1-12,18,26H/b19-17-. The van der Waals surface area contributed by atoms with E-state index in [9.17, 15) is 14.7 Å². The minimum absolute atomic E-state index is 0.00553. The van der Waals surface area contributed by atoms with Crippen molar-refractivity contribution >= 4 is 39.2 Å². The molecule has 1 aliphatic rings. The third kappa shape index (κ3) is 3.10. The average Bonchev–Trinajstić information content (AvgIpc) is 3.00. The zero-order chi connectivity index (χ0) is 19.7. The van der Waals surface area contributed by atoms with Crippen LogP contribution < -0.4 is 4.90 Å². The lowest BCUT2D eigenvalue weighted by Crippen LogP contribution is -2.30. The van der Waals surface area contributed by atoms with E-state index in [1.165, 1.54) is 4.90 Å². The Balaban J connectivity index is 1.94. The van der Waals surface area contributed by atoms with E-state index in [2.05, 4.69) is 25.9 Å². The van der Waals surface area contributed by atoms with Crippen LogP contribution >= 0.6 is 15.9 Å². The van der Waals surface area contributed by atoms with Gasteiger partial charge in [-0.15, -0.1) is 0 Å². The molecule has 2 aromatic heterocycles. The molecule has 0 saturated carbocycles.